The normalized spacial score (nSPS) is 11.3. The molecule has 0 amide bonds. The van der Waals surface area contributed by atoms with Gasteiger partial charge in [0, 0.05) is 0 Å². The highest BCUT2D eigenvalue weighted by molar-refractivity contribution is 7.89. The van der Waals surface area contributed by atoms with Gasteiger partial charge in [0.25, 0.3) is 0 Å². The van der Waals surface area contributed by atoms with E-state index in [9.17, 15) is 13.2 Å². The molecule has 0 heterocycles. The lowest BCUT2D eigenvalue weighted by molar-refractivity contribution is 0.0499. The number of nitrogens with one attached hydrogen (secondary N) is 1. The molecule has 0 unspecified atom stereocenters. The molecule has 19 heavy (non-hydrogen) atoms. The quantitative estimate of drug-likeness (QED) is 0.646. The molecule has 1 aromatic rings. The molecule has 0 aromatic heterocycles. The molecule has 5 nitrogen and oxygen atoms in total. The lowest BCUT2D eigenvalue weighted by Gasteiger charge is -2.08. The summed E-state index contributed by atoms with van der Waals surface area (Å²) < 4.78 is 30.6. The van der Waals surface area contributed by atoms with Crippen LogP contribution in [0.2, 0.25) is 5.02 Å². The van der Waals surface area contributed by atoms with Gasteiger partial charge in [0.15, 0.2) is 0 Å². The van der Waals surface area contributed by atoms with Gasteiger partial charge in [0.05, 0.1) is 17.2 Å². The molecule has 0 aliphatic rings. The van der Waals surface area contributed by atoms with Crippen molar-refractivity contribution in [3.05, 3.63) is 28.8 Å². The maximum absolute atomic E-state index is 11.7. The van der Waals surface area contributed by atoms with Crippen molar-refractivity contribution in [3.8, 4) is 0 Å². The van der Waals surface area contributed by atoms with Crippen LogP contribution in [0, 0.1) is 0 Å². The molecule has 106 valence electrons. The van der Waals surface area contributed by atoms with Gasteiger partial charge in [-0.15, -0.1) is 0 Å². The first-order chi connectivity index (χ1) is 8.92. The van der Waals surface area contributed by atoms with E-state index in [1.807, 2.05) is 6.92 Å². The van der Waals surface area contributed by atoms with E-state index in [2.05, 4.69) is 4.72 Å². The molecule has 0 aliphatic heterocycles. The van der Waals surface area contributed by atoms with E-state index < -0.39 is 16.0 Å². The fourth-order valence-electron chi connectivity index (χ4n) is 1.34. The Hall–Kier alpha value is -1.11. The second kappa shape index (κ2) is 6.88. The Labute approximate surface area is 118 Å². The van der Waals surface area contributed by atoms with Crippen LogP contribution in [0.3, 0.4) is 0 Å². The number of rotatable bonds is 6. The fraction of sp³-hybridized carbons (Fsp3) is 0.417. The van der Waals surface area contributed by atoms with Gasteiger partial charge >= 0.3 is 5.97 Å². The molecule has 1 rings (SSSR count). The molecule has 1 aromatic carbocycles. The Bertz CT molecular complexity index is 557. The molecule has 0 saturated heterocycles. The summed E-state index contributed by atoms with van der Waals surface area (Å²) in [5, 5.41) is 0.0551. The van der Waals surface area contributed by atoms with Crippen molar-refractivity contribution in [3.63, 3.8) is 0 Å². The van der Waals surface area contributed by atoms with Gasteiger partial charge in [-0.05, 0) is 31.7 Å². The largest absolute Gasteiger partial charge is 0.462 e. The number of sulfonamides is 1. The average Bonchev–Trinajstić information content (AvgIpc) is 2.39. The van der Waals surface area contributed by atoms with Crippen LogP contribution in [0.1, 0.15) is 30.1 Å². The van der Waals surface area contributed by atoms with E-state index in [0.717, 1.165) is 12.8 Å². The topological polar surface area (TPSA) is 72.5 Å². The molecular weight excluding hydrogens is 290 g/mol. The zero-order valence-electron chi connectivity index (χ0n) is 10.8. The molecule has 0 saturated carbocycles. The van der Waals surface area contributed by atoms with Crippen molar-refractivity contribution in [1.29, 1.82) is 0 Å². The summed E-state index contributed by atoms with van der Waals surface area (Å²) in [7, 11) is -2.42. The smallest absolute Gasteiger partial charge is 0.338 e. The Morgan fingerprint density at radius 1 is 1.42 bits per heavy atom. The number of halogens is 1. The molecule has 1 N–H and O–H groups in total. The van der Waals surface area contributed by atoms with Gasteiger partial charge in [-0.3, -0.25) is 0 Å². The number of carbonyl (C=O) groups is 1. The van der Waals surface area contributed by atoms with E-state index >= 15 is 0 Å². The standard InChI is InChI=1S/C12H16ClNO4S/c1-3-4-7-18-12(15)9-5-6-10(13)11(8-9)19(16,17)14-2/h5-6,8,14H,3-4,7H2,1-2H3. The minimum absolute atomic E-state index is 0.0551. The highest BCUT2D eigenvalue weighted by Gasteiger charge is 2.18. The second-order valence-corrected chi connectivity index (χ2v) is 6.10. The third-order valence-corrected chi connectivity index (χ3v) is 4.35. The number of benzene rings is 1. The molecule has 7 heteroatoms. The zero-order chi connectivity index (χ0) is 14.5. The summed E-state index contributed by atoms with van der Waals surface area (Å²) in [5.41, 5.74) is 0.161. The summed E-state index contributed by atoms with van der Waals surface area (Å²) in [6.07, 6.45) is 1.67. The van der Waals surface area contributed by atoms with E-state index in [1.165, 1.54) is 25.2 Å². The van der Waals surface area contributed by atoms with Gasteiger partial charge < -0.3 is 4.74 Å². The Morgan fingerprint density at radius 3 is 2.68 bits per heavy atom. The maximum Gasteiger partial charge on any atom is 0.338 e. The van der Waals surface area contributed by atoms with E-state index in [0.29, 0.717) is 6.61 Å². The first-order valence-electron chi connectivity index (χ1n) is 5.82. The van der Waals surface area contributed by atoms with E-state index in [4.69, 9.17) is 16.3 Å². The van der Waals surface area contributed by atoms with Crippen LogP contribution >= 0.6 is 11.6 Å². The average molecular weight is 306 g/mol. The Kier molecular flexibility index (Phi) is 5.78. The summed E-state index contributed by atoms with van der Waals surface area (Å²) in [6.45, 7) is 2.29. The predicted octanol–water partition coefficient (Wildman–Crippen LogP) is 2.21. The number of carbonyl (C=O) groups excluding carboxylic acids is 1. The molecule has 0 spiro atoms. The van der Waals surface area contributed by atoms with Crippen molar-refractivity contribution in [2.75, 3.05) is 13.7 Å². The number of hydrogen-bond donors (Lipinski definition) is 1. The molecule has 0 radical (unpaired) electrons. The van der Waals surface area contributed by atoms with Crippen LogP contribution in [-0.4, -0.2) is 28.0 Å². The fourth-order valence-corrected chi connectivity index (χ4v) is 2.59. The van der Waals surface area contributed by atoms with Gasteiger partial charge in [0.2, 0.25) is 10.0 Å². The third kappa shape index (κ3) is 4.19. The zero-order valence-corrected chi connectivity index (χ0v) is 12.3. The second-order valence-electron chi connectivity index (χ2n) is 3.84. The van der Waals surface area contributed by atoms with E-state index in [-0.39, 0.29) is 15.5 Å². The van der Waals surface area contributed by atoms with Gasteiger partial charge in [-0.25, -0.2) is 17.9 Å². The summed E-state index contributed by atoms with van der Waals surface area (Å²) in [5.74, 6) is -0.558. The first kappa shape index (κ1) is 15.9. The molecule has 0 aliphatic carbocycles. The highest BCUT2D eigenvalue weighted by atomic mass is 35.5. The number of unbranched alkanes of at least 4 members (excludes halogenated alkanes) is 1. The van der Waals surface area contributed by atoms with Gasteiger partial charge in [0.1, 0.15) is 4.90 Å². The summed E-state index contributed by atoms with van der Waals surface area (Å²) in [4.78, 5) is 11.6. The predicted molar refractivity (Wildman–Crippen MR) is 72.9 cm³/mol. The van der Waals surface area contributed by atoms with Crippen molar-refractivity contribution in [2.24, 2.45) is 0 Å². The Morgan fingerprint density at radius 2 is 2.11 bits per heavy atom. The molecular formula is C12H16ClNO4S. The third-order valence-electron chi connectivity index (χ3n) is 2.46. The summed E-state index contributed by atoms with van der Waals surface area (Å²) in [6, 6.07) is 4.01. The van der Waals surface area contributed by atoms with Crippen LogP contribution in [0.15, 0.2) is 23.1 Å². The van der Waals surface area contributed by atoms with Crippen LogP contribution < -0.4 is 4.72 Å². The monoisotopic (exact) mass is 305 g/mol. The minimum atomic E-state index is -3.70. The molecule has 0 bridgehead atoms. The Balaban J connectivity index is 3.00. The number of ether oxygens (including phenoxy) is 1. The van der Waals surface area contributed by atoms with Gasteiger partial charge in [-0.1, -0.05) is 24.9 Å². The van der Waals surface area contributed by atoms with Crippen molar-refractivity contribution >= 4 is 27.6 Å². The number of esters is 1. The van der Waals surface area contributed by atoms with E-state index in [1.54, 1.807) is 0 Å². The van der Waals surface area contributed by atoms with Crippen molar-refractivity contribution < 1.29 is 17.9 Å². The highest BCUT2D eigenvalue weighted by Crippen LogP contribution is 2.22. The van der Waals surface area contributed by atoms with Crippen molar-refractivity contribution in [1.82, 2.24) is 4.72 Å². The number of hydrogen-bond acceptors (Lipinski definition) is 4. The SMILES string of the molecule is CCCCOC(=O)c1ccc(Cl)c(S(=O)(=O)NC)c1. The van der Waals surface area contributed by atoms with Crippen LogP contribution in [0.5, 0.6) is 0 Å². The summed E-state index contributed by atoms with van der Waals surface area (Å²) >= 11 is 5.82. The van der Waals surface area contributed by atoms with Gasteiger partial charge in [-0.2, -0.15) is 0 Å². The van der Waals surface area contributed by atoms with Crippen LogP contribution in [0.25, 0.3) is 0 Å². The van der Waals surface area contributed by atoms with Crippen molar-refractivity contribution in [2.45, 2.75) is 24.7 Å². The molecule has 0 fully saturated rings. The maximum atomic E-state index is 11.7. The lowest BCUT2D eigenvalue weighted by atomic mass is 10.2. The minimum Gasteiger partial charge on any atom is -0.462 e. The van der Waals surface area contributed by atoms with Crippen LogP contribution in [0.4, 0.5) is 0 Å². The first-order valence-corrected chi connectivity index (χ1v) is 7.68. The van der Waals surface area contributed by atoms with Crippen LogP contribution in [-0.2, 0) is 14.8 Å². The lowest BCUT2D eigenvalue weighted by Crippen LogP contribution is -2.19. The molecule has 0 atom stereocenters.